The van der Waals surface area contributed by atoms with Gasteiger partial charge in [0.25, 0.3) is 0 Å². The molecule has 0 bridgehead atoms. The van der Waals surface area contributed by atoms with Crippen LogP contribution in [0.3, 0.4) is 0 Å². The SMILES string of the molecule is CC(C)(N)C(=O)NCc1ccc(Oc2ccc(F)cc2)nc1. The number of hydrogen-bond donors (Lipinski definition) is 2. The van der Waals surface area contributed by atoms with Crippen LogP contribution in [-0.4, -0.2) is 16.4 Å². The molecule has 22 heavy (non-hydrogen) atoms. The molecule has 0 aliphatic heterocycles. The third kappa shape index (κ3) is 4.53. The summed E-state index contributed by atoms with van der Waals surface area (Å²) in [6, 6.07) is 9.14. The number of carbonyl (C=O) groups excluding carboxylic acids is 1. The van der Waals surface area contributed by atoms with Crippen molar-refractivity contribution in [2.24, 2.45) is 5.73 Å². The van der Waals surface area contributed by atoms with Crippen molar-refractivity contribution in [2.75, 3.05) is 0 Å². The van der Waals surface area contributed by atoms with E-state index >= 15 is 0 Å². The van der Waals surface area contributed by atoms with Gasteiger partial charge in [-0.3, -0.25) is 4.79 Å². The number of pyridine rings is 1. The third-order valence-corrected chi connectivity index (χ3v) is 2.87. The van der Waals surface area contributed by atoms with Gasteiger partial charge in [-0.25, -0.2) is 9.37 Å². The Morgan fingerprint density at radius 3 is 2.50 bits per heavy atom. The summed E-state index contributed by atoms with van der Waals surface area (Å²) in [7, 11) is 0. The fraction of sp³-hybridized carbons (Fsp3) is 0.250. The topological polar surface area (TPSA) is 77.2 Å². The molecule has 1 aromatic carbocycles. The third-order valence-electron chi connectivity index (χ3n) is 2.87. The Kier molecular flexibility index (Phi) is 4.72. The van der Waals surface area contributed by atoms with Crippen molar-refractivity contribution < 1.29 is 13.9 Å². The van der Waals surface area contributed by atoms with Gasteiger partial charge >= 0.3 is 0 Å². The zero-order valence-electron chi connectivity index (χ0n) is 12.5. The Balaban J connectivity index is 1.93. The number of nitrogens with two attached hydrogens (primary N) is 1. The second-order valence-corrected chi connectivity index (χ2v) is 5.47. The normalized spacial score (nSPS) is 11.1. The molecule has 1 amide bonds. The first kappa shape index (κ1) is 15.9. The molecule has 2 rings (SSSR count). The van der Waals surface area contributed by atoms with Crippen LogP contribution in [0.4, 0.5) is 4.39 Å². The zero-order valence-corrected chi connectivity index (χ0v) is 12.5. The van der Waals surface area contributed by atoms with Crippen molar-refractivity contribution in [3.05, 3.63) is 54.0 Å². The summed E-state index contributed by atoms with van der Waals surface area (Å²) in [4.78, 5) is 15.8. The van der Waals surface area contributed by atoms with Crippen molar-refractivity contribution in [2.45, 2.75) is 25.9 Å². The fourth-order valence-electron chi connectivity index (χ4n) is 1.61. The monoisotopic (exact) mass is 303 g/mol. The Labute approximate surface area is 128 Å². The number of hydrogen-bond acceptors (Lipinski definition) is 4. The summed E-state index contributed by atoms with van der Waals surface area (Å²) >= 11 is 0. The Bertz CT molecular complexity index is 634. The van der Waals surface area contributed by atoms with Crippen molar-refractivity contribution in [3.8, 4) is 11.6 Å². The van der Waals surface area contributed by atoms with Gasteiger partial charge in [0.05, 0.1) is 5.54 Å². The first-order valence-electron chi connectivity index (χ1n) is 6.80. The van der Waals surface area contributed by atoms with Gasteiger partial charge in [-0.1, -0.05) is 6.07 Å². The molecule has 5 nitrogen and oxygen atoms in total. The minimum absolute atomic E-state index is 0.237. The summed E-state index contributed by atoms with van der Waals surface area (Å²) in [6.45, 7) is 3.61. The van der Waals surface area contributed by atoms with Gasteiger partial charge in [0, 0.05) is 18.8 Å². The van der Waals surface area contributed by atoms with Gasteiger partial charge in [0.1, 0.15) is 11.6 Å². The first-order chi connectivity index (χ1) is 10.3. The van der Waals surface area contributed by atoms with Crippen molar-refractivity contribution in [1.29, 1.82) is 0 Å². The summed E-state index contributed by atoms with van der Waals surface area (Å²) in [6.07, 6.45) is 1.60. The maximum Gasteiger partial charge on any atom is 0.239 e. The maximum absolute atomic E-state index is 12.8. The molecule has 0 aliphatic carbocycles. The van der Waals surface area contributed by atoms with Crippen LogP contribution in [0.1, 0.15) is 19.4 Å². The van der Waals surface area contributed by atoms with E-state index in [4.69, 9.17) is 10.5 Å². The smallest absolute Gasteiger partial charge is 0.239 e. The van der Waals surface area contributed by atoms with E-state index in [2.05, 4.69) is 10.3 Å². The number of ether oxygens (including phenoxy) is 1. The highest BCUT2D eigenvalue weighted by Crippen LogP contribution is 2.19. The van der Waals surface area contributed by atoms with Crippen LogP contribution in [0.15, 0.2) is 42.6 Å². The second-order valence-electron chi connectivity index (χ2n) is 5.47. The molecule has 6 heteroatoms. The first-order valence-corrected chi connectivity index (χ1v) is 6.80. The lowest BCUT2D eigenvalue weighted by Crippen LogP contribution is -2.48. The lowest BCUT2D eigenvalue weighted by molar-refractivity contribution is -0.125. The molecule has 1 heterocycles. The van der Waals surface area contributed by atoms with Gasteiger partial charge in [0.15, 0.2) is 0 Å². The van der Waals surface area contributed by atoms with E-state index in [0.717, 1.165) is 5.56 Å². The summed E-state index contributed by atoms with van der Waals surface area (Å²) in [5.74, 6) is 0.328. The summed E-state index contributed by atoms with van der Waals surface area (Å²) in [5, 5.41) is 2.73. The Morgan fingerprint density at radius 2 is 1.95 bits per heavy atom. The molecule has 3 N–H and O–H groups in total. The molecule has 0 unspecified atom stereocenters. The lowest BCUT2D eigenvalue weighted by Gasteiger charge is -2.17. The number of benzene rings is 1. The Hall–Kier alpha value is -2.47. The second kappa shape index (κ2) is 6.53. The number of halogens is 1. The predicted octanol–water partition coefficient (Wildman–Crippen LogP) is 2.37. The molecule has 0 saturated carbocycles. The van der Waals surface area contributed by atoms with Crippen LogP contribution in [0.5, 0.6) is 11.6 Å². The van der Waals surface area contributed by atoms with Crippen LogP contribution in [-0.2, 0) is 11.3 Å². The highest BCUT2D eigenvalue weighted by atomic mass is 19.1. The van der Waals surface area contributed by atoms with E-state index in [1.54, 1.807) is 32.2 Å². The Morgan fingerprint density at radius 1 is 1.27 bits per heavy atom. The van der Waals surface area contributed by atoms with Crippen molar-refractivity contribution >= 4 is 5.91 Å². The van der Waals surface area contributed by atoms with E-state index in [0.29, 0.717) is 18.2 Å². The molecular formula is C16H18FN3O2. The van der Waals surface area contributed by atoms with Crippen molar-refractivity contribution in [1.82, 2.24) is 10.3 Å². The number of aromatic nitrogens is 1. The highest BCUT2D eigenvalue weighted by molar-refractivity contribution is 5.84. The predicted molar refractivity (Wildman–Crippen MR) is 80.8 cm³/mol. The van der Waals surface area contributed by atoms with Gasteiger partial charge in [-0.05, 0) is 43.7 Å². The zero-order chi connectivity index (χ0) is 16.2. The van der Waals surface area contributed by atoms with Crippen LogP contribution in [0, 0.1) is 5.82 Å². The quantitative estimate of drug-likeness (QED) is 0.889. The van der Waals surface area contributed by atoms with E-state index in [9.17, 15) is 9.18 Å². The number of carbonyl (C=O) groups is 1. The van der Waals surface area contributed by atoms with Gasteiger partial charge in [0.2, 0.25) is 11.8 Å². The molecule has 116 valence electrons. The minimum atomic E-state index is -0.918. The molecule has 0 fully saturated rings. The summed E-state index contributed by atoms with van der Waals surface area (Å²) in [5.41, 5.74) is 5.60. The standard InChI is InChI=1S/C16H18FN3O2/c1-16(2,18)15(21)20-10-11-3-8-14(19-9-11)22-13-6-4-12(17)5-7-13/h3-9H,10,18H2,1-2H3,(H,20,21). The maximum atomic E-state index is 12.8. The van der Waals surface area contributed by atoms with Crippen LogP contribution in [0.2, 0.25) is 0 Å². The van der Waals surface area contributed by atoms with Crippen molar-refractivity contribution in [3.63, 3.8) is 0 Å². The van der Waals surface area contributed by atoms with E-state index in [-0.39, 0.29) is 11.7 Å². The largest absolute Gasteiger partial charge is 0.439 e. The average Bonchev–Trinajstić information content (AvgIpc) is 2.47. The van der Waals surface area contributed by atoms with E-state index < -0.39 is 5.54 Å². The van der Waals surface area contributed by atoms with Crippen LogP contribution < -0.4 is 15.8 Å². The molecule has 1 aromatic heterocycles. The van der Waals surface area contributed by atoms with Crippen LogP contribution in [0.25, 0.3) is 0 Å². The lowest BCUT2D eigenvalue weighted by atomic mass is 10.1. The molecule has 0 spiro atoms. The minimum Gasteiger partial charge on any atom is -0.439 e. The highest BCUT2D eigenvalue weighted by Gasteiger charge is 2.21. The molecule has 2 aromatic rings. The number of amides is 1. The number of nitrogens with one attached hydrogen (secondary N) is 1. The van der Waals surface area contributed by atoms with Gasteiger partial charge in [-0.15, -0.1) is 0 Å². The summed E-state index contributed by atoms with van der Waals surface area (Å²) < 4.78 is 18.3. The molecule has 0 atom stereocenters. The van der Waals surface area contributed by atoms with E-state index in [1.165, 1.54) is 24.3 Å². The fourth-order valence-corrected chi connectivity index (χ4v) is 1.61. The van der Waals surface area contributed by atoms with Gasteiger partial charge < -0.3 is 15.8 Å². The number of nitrogens with zero attached hydrogens (tertiary/aromatic N) is 1. The molecule has 0 aliphatic rings. The number of rotatable bonds is 5. The van der Waals surface area contributed by atoms with Crippen LogP contribution >= 0.6 is 0 Å². The molecule has 0 saturated heterocycles. The average molecular weight is 303 g/mol. The molecule has 0 radical (unpaired) electrons. The molecular weight excluding hydrogens is 285 g/mol. The van der Waals surface area contributed by atoms with E-state index in [1.807, 2.05) is 0 Å². The van der Waals surface area contributed by atoms with Gasteiger partial charge in [-0.2, -0.15) is 0 Å².